The van der Waals surface area contributed by atoms with Crippen LogP contribution in [0, 0.1) is 5.92 Å². The first-order valence-corrected chi connectivity index (χ1v) is 15.1. The number of hydrogen-bond donors (Lipinski definition) is 0. The summed E-state index contributed by atoms with van der Waals surface area (Å²) in [6.07, 6.45) is -6.05. The van der Waals surface area contributed by atoms with Crippen LogP contribution in [0.3, 0.4) is 0 Å². The summed E-state index contributed by atoms with van der Waals surface area (Å²) >= 11 is -2.67. The molecule has 2 unspecified atom stereocenters. The molecule has 23 heteroatoms. The molecule has 0 bridgehead atoms. The molecule has 0 radical (unpaired) electrons. The Morgan fingerprint density at radius 3 is 1.43 bits per heavy atom. The van der Waals surface area contributed by atoms with Crippen LogP contribution < -0.4 is 0 Å². The third-order valence-electron chi connectivity index (χ3n) is 7.12. The van der Waals surface area contributed by atoms with Gasteiger partial charge in [-0.3, -0.25) is 4.79 Å². The Morgan fingerprint density at radius 1 is 0.591 bits per heavy atom. The van der Waals surface area contributed by atoms with Gasteiger partial charge in [0.15, 0.2) is 17.0 Å². The predicted molar refractivity (Wildman–Crippen MR) is 117 cm³/mol. The molecular formula is C21H22F17O4S2+. The number of hydrogen-bond acceptors (Lipinski definition) is 4. The molecule has 0 spiro atoms. The lowest BCUT2D eigenvalue weighted by molar-refractivity contribution is -0.458. The Kier molecular flexibility index (Phi) is 10.7. The van der Waals surface area contributed by atoms with Gasteiger partial charge >= 0.3 is 57.1 Å². The van der Waals surface area contributed by atoms with Crippen LogP contribution >= 0.6 is 0 Å². The van der Waals surface area contributed by atoms with E-state index < -0.39 is 91.0 Å². The summed E-state index contributed by atoms with van der Waals surface area (Å²) in [5, 5.41) is -9.36. The largest absolute Gasteiger partial charge is 0.460 e. The van der Waals surface area contributed by atoms with E-state index in [2.05, 4.69) is 3.63 Å². The van der Waals surface area contributed by atoms with E-state index in [9.17, 15) is 87.8 Å². The van der Waals surface area contributed by atoms with Crippen molar-refractivity contribution in [2.45, 2.75) is 110 Å². The first-order chi connectivity index (χ1) is 19.5. The van der Waals surface area contributed by atoms with Crippen molar-refractivity contribution in [2.75, 3.05) is 5.75 Å². The predicted octanol–water partition coefficient (Wildman–Crippen LogP) is 7.93. The SMILES string of the molecule is O=C1CCCCC1[S+](CC1CCCCC1)OS(=O)(=O)C(F)(F)C(F)(F)C(F)(F)C(F)(F)C(F)(F)C(F)(F)C(F)(F)C(F)(F)F. The van der Waals surface area contributed by atoms with Crippen LogP contribution in [-0.2, 0) is 29.7 Å². The maximum atomic E-state index is 14.6. The van der Waals surface area contributed by atoms with Crippen LogP contribution in [0.15, 0.2) is 0 Å². The Morgan fingerprint density at radius 2 is 1.00 bits per heavy atom. The fraction of sp³-hybridized carbons (Fsp3) is 0.952. The highest BCUT2D eigenvalue weighted by atomic mass is 32.3. The molecule has 0 saturated heterocycles. The molecule has 2 rings (SSSR count). The maximum Gasteiger partial charge on any atom is 0.460 e. The molecule has 0 amide bonds. The van der Waals surface area contributed by atoms with Gasteiger partial charge in [0.25, 0.3) is 0 Å². The van der Waals surface area contributed by atoms with Crippen molar-refractivity contribution in [3.63, 3.8) is 0 Å². The number of halogens is 17. The van der Waals surface area contributed by atoms with Crippen molar-refractivity contribution in [2.24, 2.45) is 5.92 Å². The molecule has 44 heavy (non-hydrogen) atoms. The Bertz CT molecular complexity index is 1150. The fourth-order valence-electron chi connectivity index (χ4n) is 4.47. The third-order valence-corrected chi connectivity index (χ3v) is 11.4. The van der Waals surface area contributed by atoms with Crippen LogP contribution in [0.1, 0.15) is 57.8 Å². The summed E-state index contributed by atoms with van der Waals surface area (Å²) in [7, 11) is -7.71. The lowest BCUT2D eigenvalue weighted by Gasteiger charge is -2.42. The Hall–Kier alpha value is -1.26. The van der Waals surface area contributed by atoms with Crippen LogP contribution in [0.25, 0.3) is 0 Å². The van der Waals surface area contributed by atoms with Gasteiger partial charge in [0, 0.05) is 18.8 Å². The topological polar surface area (TPSA) is 60.4 Å². The van der Waals surface area contributed by atoms with Gasteiger partial charge in [0.1, 0.15) is 5.75 Å². The van der Waals surface area contributed by atoms with Crippen molar-refractivity contribution in [3.8, 4) is 0 Å². The second kappa shape index (κ2) is 12.1. The van der Waals surface area contributed by atoms with Gasteiger partial charge in [0.2, 0.25) is 5.25 Å². The van der Waals surface area contributed by atoms with Crippen LogP contribution in [-0.4, -0.2) is 72.2 Å². The molecule has 0 aromatic carbocycles. The summed E-state index contributed by atoms with van der Waals surface area (Å²) in [4.78, 5) is 12.3. The van der Waals surface area contributed by atoms with Gasteiger partial charge in [-0.1, -0.05) is 19.3 Å². The number of rotatable bonds is 12. The zero-order valence-electron chi connectivity index (χ0n) is 21.6. The molecule has 2 saturated carbocycles. The second-order valence-corrected chi connectivity index (χ2v) is 13.9. The van der Waals surface area contributed by atoms with E-state index in [1.165, 1.54) is 0 Å². The highest BCUT2D eigenvalue weighted by molar-refractivity contribution is 8.04. The van der Waals surface area contributed by atoms with E-state index in [1.54, 1.807) is 0 Å². The summed E-state index contributed by atoms with van der Waals surface area (Å²) in [5.41, 5.74) is 0. The molecule has 2 fully saturated rings. The standard InChI is InChI=1S/C21H22F17O4S2/c22-14(23,16(26,27)18(30,31)20(34,35)36)15(24,25)17(28,29)19(32,33)21(37,38)44(40,41)42-43(10-11-6-2-1-3-7-11)13-9-5-4-8-12(13)39/h11,13H,1-10H2/q+1. The minimum Gasteiger partial charge on any atom is -0.294 e. The third kappa shape index (κ3) is 6.10. The summed E-state index contributed by atoms with van der Waals surface area (Å²) in [5.74, 6) is -54.1. The van der Waals surface area contributed by atoms with Gasteiger partial charge in [-0.25, -0.2) is 0 Å². The number of alkyl halides is 17. The van der Waals surface area contributed by atoms with Crippen LogP contribution in [0.2, 0.25) is 0 Å². The molecule has 0 heterocycles. The maximum absolute atomic E-state index is 14.6. The first kappa shape index (κ1) is 38.9. The monoisotopic (exact) mass is 725 g/mol. The molecule has 2 aliphatic rings. The molecule has 0 N–H and O–H groups in total. The van der Waals surface area contributed by atoms with E-state index in [0.29, 0.717) is 19.3 Å². The van der Waals surface area contributed by atoms with Crippen molar-refractivity contribution >= 4 is 27.1 Å². The highest BCUT2D eigenvalue weighted by Crippen LogP contribution is 2.64. The molecule has 2 aliphatic carbocycles. The zero-order valence-corrected chi connectivity index (χ0v) is 23.2. The molecule has 2 atom stereocenters. The first-order valence-electron chi connectivity index (χ1n) is 12.3. The molecule has 260 valence electrons. The van der Waals surface area contributed by atoms with E-state index in [0.717, 1.165) is 0 Å². The van der Waals surface area contributed by atoms with E-state index in [-0.39, 0.29) is 38.5 Å². The molecular weight excluding hydrogens is 703 g/mol. The lowest BCUT2D eigenvalue weighted by Crippen LogP contribution is -2.75. The van der Waals surface area contributed by atoms with Crippen LogP contribution in [0.4, 0.5) is 74.6 Å². The number of Topliss-reactive ketones (excluding diaryl/α,β-unsaturated/α-hetero) is 1. The smallest absolute Gasteiger partial charge is 0.294 e. The quantitative estimate of drug-likeness (QED) is 0.152. The van der Waals surface area contributed by atoms with Gasteiger partial charge in [-0.2, -0.15) is 83.1 Å². The van der Waals surface area contributed by atoms with Gasteiger partial charge in [0.05, 0.1) is 0 Å². The van der Waals surface area contributed by atoms with Gasteiger partial charge in [-0.05, 0) is 29.3 Å². The normalized spacial score (nSPS) is 22.3. The minimum absolute atomic E-state index is 0.122. The number of carbonyl (C=O) groups excluding carboxylic acids is 1. The zero-order chi connectivity index (χ0) is 34.6. The molecule has 0 aliphatic heterocycles. The summed E-state index contributed by atoms with van der Waals surface area (Å²) in [6.45, 7) is 0. The lowest BCUT2D eigenvalue weighted by atomic mass is 9.91. The van der Waals surface area contributed by atoms with Gasteiger partial charge in [-0.15, -0.1) is 0 Å². The van der Waals surface area contributed by atoms with Crippen molar-refractivity contribution in [1.82, 2.24) is 0 Å². The van der Waals surface area contributed by atoms with Crippen molar-refractivity contribution in [3.05, 3.63) is 0 Å². The fourth-order valence-corrected chi connectivity index (χ4v) is 8.65. The second-order valence-electron chi connectivity index (χ2n) is 10.2. The highest BCUT2D eigenvalue weighted by Gasteiger charge is 2.96. The molecule has 0 aromatic rings. The Balaban J connectivity index is 2.57. The molecule has 4 nitrogen and oxygen atoms in total. The van der Waals surface area contributed by atoms with Crippen LogP contribution in [0.5, 0.6) is 0 Å². The summed E-state index contributed by atoms with van der Waals surface area (Å²) in [6, 6.07) is 0. The van der Waals surface area contributed by atoms with E-state index in [1.807, 2.05) is 0 Å². The average Bonchev–Trinajstić information content (AvgIpc) is 2.87. The molecule has 0 aromatic heterocycles. The summed E-state index contributed by atoms with van der Waals surface area (Å²) < 4.78 is 260. The van der Waals surface area contributed by atoms with Crippen molar-refractivity contribution < 1.29 is 91.5 Å². The van der Waals surface area contributed by atoms with E-state index >= 15 is 0 Å². The van der Waals surface area contributed by atoms with Crippen molar-refractivity contribution in [1.29, 1.82) is 0 Å². The number of carbonyl (C=O) groups is 1. The Labute approximate surface area is 240 Å². The minimum atomic E-state index is -8.91. The van der Waals surface area contributed by atoms with E-state index in [4.69, 9.17) is 0 Å². The average molecular weight is 726 g/mol. The van der Waals surface area contributed by atoms with Gasteiger partial charge < -0.3 is 0 Å². The number of ketones is 1.